The number of rotatable bonds is 6. The van der Waals surface area contributed by atoms with Crippen molar-refractivity contribution < 1.29 is 12.8 Å². The zero-order valence-corrected chi connectivity index (χ0v) is 16.9. The highest BCUT2D eigenvalue weighted by atomic mass is 32.2. The minimum absolute atomic E-state index is 0.00155. The van der Waals surface area contributed by atoms with E-state index in [2.05, 4.69) is 5.10 Å². The number of halogens is 1. The highest BCUT2D eigenvalue weighted by Gasteiger charge is 2.21. The lowest BCUT2D eigenvalue weighted by molar-refractivity contribution is 0.597. The first-order valence-electron chi connectivity index (χ1n) is 9.41. The molecule has 0 saturated heterocycles. The van der Waals surface area contributed by atoms with Gasteiger partial charge >= 0.3 is 0 Å². The third-order valence-electron chi connectivity index (χ3n) is 4.84. The number of primary sulfonamides is 1. The highest BCUT2D eigenvalue weighted by Crippen LogP contribution is 2.34. The van der Waals surface area contributed by atoms with E-state index in [4.69, 9.17) is 5.14 Å². The Bertz CT molecular complexity index is 1270. The molecule has 4 aromatic rings. The Morgan fingerprint density at radius 3 is 2.23 bits per heavy atom. The van der Waals surface area contributed by atoms with Crippen molar-refractivity contribution in [2.45, 2.75) is 17.9 Å². The Morgan fingerprint density at radius 2 is 1.53 bits per heavy atom. The zero-order chi connectivity index (χ0) is 21.1. The molecule has 0 unspecified atom stereocenters. The van der Waals surface area contributed by atoms with Gasteiger partial charge < -0.3 is 0 Å². The first kappa shape index (κ1) is 20.0. The summed E-state index contributed by atoms with van der Waals surface area (Å²) in [4.78, 5) is 0.00155. The molecular weight excluding hydrogens is 401 g/mol. The van der Waals surface area contributed by atoms with Gasteiger partial charge in [0.15, 0.2) is 0 Å². The maximum Gasteiger partial charge on any atom is 0.238 e. The Kier molecular flexibility index (Phi) is 5.48. The summed E-state index contributed by atoms with van der Waals surface area (Å²) < 4.78 is 39.5. The molecule has 0 spiro atoms. The van der Waals surface area contributed by atoms with Crippen molar-refractivity contribution in [1.82, 2.24) is 9.78 Å². The quantitative estimate of drug-likeness (QED) is 0.506. The summed E-state index contributed by atoms with van der Waals surface area (Å²) in [6.07, 6.45) is 2.62. The van der Waals surface area contributed by atoms with Gasteiger partial charge in [-0.3, -0.25) is 4.68 Å². The van der Waals surface area contributed by atoms with Crippen molar-refractivity contribution in [3.63, 3.8) is 0 Å². The Balaban J connectivity index is 1.81. The lowest BCUT2D eigenvalue weighted by atomic mass is 10.0. The normalized spacial score (nSPS) is 11.5. The summed E-state index contributed by atoms with van der Waals surface area (Å²) in [6.45, 7) is 0.607. The minimum Gasteiger partial charge on any atom is -0.271 e. The summed E-state index contributed by atoms with van der Waals surface area (Å²) in [6, 6.07) is 22.5. The number of sulfonamides is 1. The van der Waals surface area contributed by atoms with E-state index in [0.29, 0.717) is 23.4 Å². The molecule has 0 bridgehead atoms. The molecule has 0 fully saturated rings. The van der Waals surface area contributed by atoms with Gasteiger partial charge in [0.2, 0.25) is 10.0 Å². The van der Waals surface area contributed by atoms with Crippen molar-refractivity contribution in [2.75, 3.05) is 0 Å². The lowest BCUT2D eigenvalue weighted by Gasteiger charge is -2.08. The third-order valence-corrected chi connectivity index (χ3v) is 5.81. The van der Waals surface area contributed by atoms with E-state index >= 15 is 0 Å². The van der Waals surface area contributed by atoms with Crippen LogP contribution in [0.1, 0.15) is 5.56 Å². The predicted molar refractivity (Wildman–Crippen MR) is 115 cm³/mol. The number of nitrogens with zero attached hydrogens (tertiary/aromatic N) is 2. The smallest absolute Gasteiger partial charge is 0.238 e. The van der Waals surface area contributed by atoms with Gasteiger partial charge in [0, 0.05) is 23.9 Å². The second kappa shape index (κ2) is 8.22. The van der Waals surface area contributed by atoms with E-state index in [9.17, 15) is 12.8 Å². The Labute approximate surface area is 174 Å². The largest absolute Gasteiger partial charge is 0.271 e. The van der Waals surface area contributed by atoms with Crippen LogP contribution in [0.15, 0.2) is 90.0 Å². The monoisotopic (exact) mass is 421 g/mol. The van der Waals surface area contributed by atoms with Crippen LogP contribution >= 0.6 is 0 Å². The summed E-state index contributed by atoms with van der Waals surface area (Å²) >= 11 is 0. The van der Waals surface area contributed by atoms with E-state index in [1.807, 2.05) is 36.5 Å². The third kappa shape index (κ3) is 4.32. The molecule has 0 atom stereocenters. The van der Waals surface area contributed by atoms with Crippen LogP contribution in [0.5, 0.6) is 0 Å². The molecule has 1 aromatic heterocycles. The van der Waals surface area contributed by atoms with E-state index in [0.717, 1.165) is 12.0 Å². The fourth-order valence-electron chi connectivity index (χ4n) is 3.37. The molecule has 0 radical (unpaired) electrons. The molecule has 2 N–H and O–H groups in total. The van der Waals surface area contributed by atoms with Crippen LogP contribution < -0.4 is 5.14 Å². The van der Waals surface area contributed by atoms with Crippen LogP contribution in [0, 0.1) is 5.82 Å². The van der Waals surface area contributed by atoms with Crippen molar-refractivity contribution >= 4 is 10.0 Å². The van der Waals surface area contributed by atoms with Gasteiger partial charge in [-0.15, -0.1) is 0 Å². The van der Waals surface area contributed by atoms with Crippen molar-refractivity contribution in [1.29, 1.82) is 0 Å². The van der Waals surface area contributed by atoms with Gasteiger partial charge in [0.1, 0.15) is 11.5 Å². The average Bonchev–Trinajstić information content (AvgIpc) is 3.17. The maximum absolute atomic E-state index is 13.4. The van der Waals surface area contributed by atoms with Crippen LogP contribution in [0.4, 0.5) is 4.39 Å². The second-order valence-corrected chi connectivity index (χ2v) is 8.47. The van der Waals surface area contributed by atoms with Gasteiger partial charge in [-0.1, -0.05) is 60.7 Å². The fraction of sp³-hybridized carbons (Fsp3) is 0.0870. The highest BCUT2D eigenvalue weighted by molar-refractivity contribution is 7.89. The first-order chi connectivity index (χ1) is 14.4. The van der Waals surface area contributed by atoms with Gasteiger partial charge in [-0.2, -0.15) is 5.10 Å². The van der Waals surface area contributed by atoms with Crippen LogP contribution in [-0.4, -0.2) is 18.2 Å². The van der Waals surface area contributed by atoms with E-state index in [1.54, 1.807) is 35.0 Å². The molecule has 30 heavy (non-hydrogen) atoms. The molecule has 1 heterocycles. The molecule has 4 rings (SSSR count). The number of nitrogens with two attached hydrogens (primary N) is 1. The maximum atomic E-state index is 13.4. The van der Waals surface area contributed by atoms with Crippen LogP contribution in [0.3, 0.4) is 0 Å². The van der Waals surface area contributed by atoms with Crippen molar-refractivity contribution in [3.8, 4) is 22.4 Å². The van der Waals surface area contributed by atoms with E-state index in [-0.39, 0.29) is 10.7 Å². The molecule has 0 amide bonds. The van der Waals surface area contributed by atoms with Crippen LogP contribution in [0.25, 0.3) is 22.4 Å². The average molecular weight is 421 g/mol. The Hall–Kier alpha value is -3.29. The summed E-state index contributed by atoms with van der Waals surface area (Å²) in [5, 5.41) is 10.1. The minimum atomic E-state index is -3.94. The standard InChI is InChI=1S/C23H20FN3O2S/c24-19-12-10-18(11-13-19)21-16-27(15-14-17-6-2-1-3-7-17)26-23(21)20-8-4-5-9-22(20)30(25,28)29/h1-13,16H,14-15H2,(H2,25,28,29). The van der Waals surface area contributed by atoms with Gasteiger partial charge in [-0.05, 0) is 35.7 Å². The SMILES string of the molecule is NS(=O)(=O)c1ccccc1-c1nn(CCc2ccccc2)cc1-c1ccc(F)cc1. The molecule has 0 aliphatic carbocycles. The van der Waals surface area contributed by atoms with Crippen LogP contribution in [0.2, 0.25) is 0 Å². The summed E-state index contributed by atoms with van der Waals surface area (Å²) in [7, 11) is -3.94. The van der Waals surface area contributed by atoms with E-state index in [1.165, 1.54) is 23.8 Å². The van der Waals surface area contributed by atoms with Crippen molar-refractivity contribution in [2.24, 2.45) is 5.14 Å². The number of hydrogen-bond acceptors (Lipinski definition) is 3. The topological polar surface area (TPSA) is 78.0 Å². The number of hydrogen-bond donors (Lipinski definition) is 1. The number of aryl methyl sites for hydroxylation is 2. The number of aromatic nitrogens is 2. The number of benzene rings is 3. The Morgan fingerprint density at radius 1 is 0.867 bits per heavy atom. The van der Waals surface area contributed by atoms with Crippen LogP contribution in [-0.2, 0) is 23.0 Å². The molecule has 3 aromatic carbocycles. The predicted octanol–water partition coefficient (Wildman–Crippen LogP) is 4.25. The lowest BCUT2D eigenvalue weighted by Crippen LogP contribution is -2.13. The zero-order valence-electron chi connectivity index (χ0n) is 16.1. The fourth-order valence-corrected chi connectivity index (χ4v) is 4.11. The van der Waals surface area contributed by atoms with Gasteiger partial charge in [-0.25, -0.2) is 17.9 Å². The van der Waals surface area contributed by atoms with E-state index < -0.39 is 10.0 Å². The molecular formula is C23H20FN3O2S. The molecule has 0 aliphatic heterocycles. The molecule has 0 saturated carbocycles. The van der Waals surface area contributed by atoms with Crippen molar-refractivity contribution in [3.05, 3.63) is 96.4 Å². The second-order valence-electron chi connectivity index (χ2n) is 6.94. The molecule has 152 valence electrons. The first-order valence-corrected chi connectivity index (χ1v) is 11.0. The molecule has 7 heteroatoms. The summed E-state index contributed by atoms with van der Waals surface area (Å²) in [5.74, 6) is -0.346. The van der Waals surface area contributed by atoms with Gasteiger partial charge in [0.25, 0.3) is 0 Å². The van der Waals surface area contributed by atoms with Gasteiger partial charge in [0.05, 0.1) is 4.90 Å². The summed E-state index contributed by atoms with van der Waals surface area (Å²) in [5.41, 5.74) is 3.51. The molecule has 0 aliphatic rings. The molecule has 5 nitrogen and oxygen atoms in total.